The predicted octanol–water partition coefficient (Wildman–Crippen LogP) is 3.34. The molecule has 6 nitrogen and oxygen atoms in total. The summed E-state index contributed by atoms with van der Waals surface area (Å²) >= 11 is 3.41. The zero-order valence-corrected chi connectivity index (χ0v) is 18.7. The molecule has 2 unspecified atom stereocenters. The van der Waals surface area contributed by atoms with Crippen LogP contribution in [0.4, 0.5) is 0 Å². The maximum atomic E-state index is 10.2. The van der Waals surface area contributed by atoms with Gasteiger partial charge in [-0.05, 0) is 24.7 Å². The van der Waals surface area contributed by atoms with E-state index in [1.165, 1.54) is 0 Å². The Labute approximate surface area is 184 Å². The zero-order valence-electron chi connectivity index (χ0n) is 12.8. The van der Waals surface area contributed by atoms with Gasteiger partial charge in [-0.1, -0.05) is 14.9 Å². The van der Waals surface area contributed by atoms with Crippen molar-refractivity contribution >= 4 is 90.3 Å². The van der Waals surface area contributed by atoms with Crippen molar-refractivity contribution in [3.05, 3.63) is 0 Å². The Kier molecular flexibility index (Phi) is 49.0. The third-order valence-electron chi connectivity index (χ3n) is 1.93. The van der Waals surface area contributed by atoms with Gasteiger partial charge in [0.25, 0.3) is 0 Å². The van der Waals surface area contributed by atoms with Gasteiger partial charge in [0.2, 0.25) is 0 Å². The Bertz CT molecular complexity index is 297. The minimum Gasteiger partial charge on any atom is -0.480 e. The number of hydrogen-bond acceptors (Lipinski definition) is 7. The van der Waals surface area contributed by atoms with Gasteiger partial charge < -0.3 is 21.3 Å². The third-order valence-corrected chi connectivity index (χ3v) is 2.57. The first-order valence-electron chi connectivity index (χ1n) is 5.98. The van der Waals surface area contributed by atoms with E-state index in [-0.39, 0.29) is 39.3 Å². The lowest BCUT2D eigenvalue weighted by atomic mass is 10.2. The Morgan fingerprint density at radius 1 is 1.44 bits per heavy atom. The number of thioether (sulfide) groups is 1. The highest BCUT2D eigenvalue weighted by molar-refractivity contribution is 7.98. The smallest absolute Gasteiger partial charge is 0.480 e. The average Bonchev–Trinajstić information content (AvgIpc) is 2.82. The Hall–Kier alpha value is 1.25. The zero-order chi connectivity index (χ0) is 18.1. The summed E-state index contributed by atoms with van der Waals surface area (Å²) in [5, 5.41) is 8.27. The van der Waals surface area contributed by atoms with Crippen LogP contribution in [-0.2, 0) is 14.3 Å². The number of hydrogen-bond donors (Lipinski definition) is 4. The van der Waals surface area contributed by atoms with Gasteiger partial charge in [-0.3, -0.25) is 9.59 Å². The molecule has 0 amide bonds. The van der Waals surface area contributed by atoms with Gasteiger partial charge >= 0.3 is 23.3 Å². The fourth-order valence-corrected chi connectivity index (χ4v) is 1.37. The molecule has 1 rings (SSSR count). The Morgan fingerprint density at radius 2 is 1.84 bits per heavy atom. The van der Waals surface area contributed by atoms with E-state index < -0.39 is 23.4 Å². The van der Waals surface area contributed by atoms with Crippen molar-refractivity contribution in [2.45, 2.75) is 39.8 Å². The number of carboxylic acid groups (broad SMARTS) is 1. The topological polar surface area (TPSA) is 116 Å². The number of rotatable bonds is 4. The number of carbonyl (C=O) groups excluding carboxylic acids is 1. The Balaban J connectivity index is -0.0000000511. The molecule has 0 aliphatic carbocycles. The second-order valence-electron chi connectivity index (χ2n) is 3.54. The van der Waals surface area contributed by atoms with Gasteiger partial charge in [0.1, 0.15) is 12.1 Å². The van der Waals surface area contributed by atoms with Gasteiger partial charge in [-0.15, -0.1) is 12.4 Å². The lowest BCUT2D eigenvalue weighted by Gasteiger charge is -2.02. The minimum atomic E-state index is -1.72. The molecule has 25 heavy (non-hydrogen) atoms. The second-order valence-corrected chi connectivity index (χ2v) is 11.0. The summed E-state index contributed by atoms with van der Waals surface area (Å²) in [7, 11) is 14.8. The molecule has 1 saturated heterocycles. The molecule has 1 fully saturated rings. The lowest BCUT2D eigenvalue weighted by molar-refractivity contribution is -0.139. The van der Waals surface area contributed by atoms with Crippen LogP contribution < -0.4 is 11.5 Å². The highest BCUT2D eigenvalue weighted by Crippen LogP contribution is 2.01. The number of carbonyl (C=O) groups is 2. The minimum absolute atomic E-state index is 0. The van der Waals surface area contributed by atoms with Crippen molar-refractivity contribution in [3.63, 3.8) is 0 Å². The molecule has 1 aliphatic heterocycles. The summed E-state index contributed by atoms with van der Waals surface area (Å²) in [5.41, 5.74) is 10.4. The summed E-state index contributed by atoms with van der Waals surface area (Å²) in [4.78, 5) is 20.3. The number of cyclic esters (lactones) is 1. The number of esters is 1. The summed E-state index contributed by atoms with van der Waals surface area (Å²) in [6, 6.07) is -1.03. The van der Waals surface area contributed by atoms with Crippen LogP contribution in [0.5, 0.6) is 0 Å². The monoisotopic (exact) mass is 498 g/mol. The molecular weight excluding hydrogens is 469 g/mol. The van der Waals surface area contributed by atoms with Crippen molar-refractivity contribution < 1.29 is 19.4 Å². The molecule has 0 aromatic carbocycles. The molecule has 156 valence electrons. The van der Waals surface area contributed by atoms with Crippen LogP contribution >= 0.6 is 66.9 Å². The SMILES string of the molecule is C.C.CS.CSCCC(N)C(=O)O.Cl.NC1CCOC1=O.[Cl][Al]([Cl])[Cl]. The van der Waals surface area contributed by atoms with E-state index in [4.69, 9.17) is 46.7 Å². The van der Waals surface area contributed by atoms with Crippen LogP contribution in [0.2, 0.25) is 0 Å². The molecule has 2 atom stereocenters. The number of nitrogens with two attached hydrogens (primary N) is 2. The van der Waals surface area contributed by atoms with Crippen molar-refractivity contribution in [1.82, 2.24) is 0 Å². The van der Waals surface area contributed by atoms with Crippen LogP contribution in [0.1, 0.15) is 27.7 Å². The maximum absolute atomic E-state index is 10.2. The molecule has 0 spiro atoms. The molecule has 0 radical (unpaired) electrons. The first kappa shape index (κ1) is 40.8. The van der Waals surface area contributed by atoms with E-state index in [0.29, 0.717) is 19.4 Å². The van der Waals surface area contributed by atoms with Crippen LogP contribution in [0, 0.1) is 0 Å². The highest BCUT2D eigenvalue weighted by atomic mass is 35.8. The van der Waals surface area contributed by atoms with Crippen molar-refractivity contribution in [2.75, 3.05) is 24.9 Å². The van der Waals surface area contributed by atoms with E-state index in [2.05, 4.69) is 17.4 Å². The number of halogens is 4. The number of carboxylic acids is 1. The Morgan fingerprint density at radius 3 is 2.00 bits per heavy atom. The van der Waals surface area contributed by atoms with Crippen molar-refractivity contribution in [1.29, 1.82) is 0 Å². The van der Waals surface area contributed by atoms with E-state index in [9.17, 15) is 9.59 Å². The first-order chi connectivity index (χ1) is 10.2. The quantitative estimate of drug-likeness (QED) is 0.266. The summed E-state index contributed by atoms with van der Waals surface area (Å²) in [5.74, 6) is -0.364. The fraction of sp³-hybridized carbons (Fsp3) is 0.833. The van der Waals surface area contributed by atoms with Gasteiger partial charge in [-0.25, -0.2) is 30.1 Å². The van der Waals surface area contributed by atoms with Gasteiger partial charge in [-0.2, -0.15) is 24.4 Å². The lowest BCUT2D eigenvalue weighted by Crippen LogP contribution is -2.30. The first-order valence-corrected chi connectivity index (χ1v) is 13.5. The molecule has 1 heterocycles. The predicted molar refractivity (Wildman–Crippen MR) is 121 cm³/mol. The molecular formula is C12H31AlCl4N2O4S2. The summed E-state index contributed by atoms with van der Waals surface area (Å²) in [6.45, 7) is 0.500. The average molecular weight is 500 g/mol. The van der Waals surface area contributed by atoms with Crippen molar-refractivity contribution in [2.24, 2.45) is 11.5 Å². The third kappa shape index (κ3) is 36.8. The normalized spacial score (nSPS) is 14.6. The highest BCUT2D eigenvalue weighted by Gasteiger charge is 2.21. The molecule has 0 aromatic rings. The van der Waals surface area contributed by atoms with Crippen LogP contribution in [0.3, 0.4) is 0 Å². The standard InChI is InChI=1S/C5H11NO2S.C4H7NO2.CH4S.2CH4.Al.4ClH/c1-9-3-2-4(6)5(7)8;5-3-1-2-7-4(3)6;1-2;;;;;;;/h4H,2-3,6H2,1H3,(H,7,8);3H,1-2,5H2;2H,1H3;2*1H4;;4*1H/q;;;;;+3;;;;/p-3. The van der Waals surface area contributed by atoms with Crippen molar-refractivity contribution in [3.8, 4) is 0 Å². The second kappa shape index (κ2) is 30.0. The largest absolute Gasteiger partial charge is 0.643 e. The van der Waals surface area contributed by atoms with Crippen LogP contribution in [0.25, 0.3) is 0 Å². The summed E-state index contributed by atoms with van der Waals surface area (Å²) < 4.78 is 4.50. The molecule has 0 bridgehead atoms. The molecule has 0 aromatic heterocycles. The summed E-state index contributed by atoms with van der Waals surface area (Å²) in [6.07, 6.45) is 4.85. The van der Waals surface area contributed by atoms with Crippen LogP contribution in [-0.4, -0.2) is 65.4 Å². The number of aliphatic carboxylic acids is 1. The molecule has 13 heteroatoms. The van der Waals surface area contributed by atoms with Gasteiger partial charge in [0.05, 0.1) is 6.61 Å². The maximum Gasteiger partial charge on any atom is 0.643 e. The molecule has 0 saturated carbocycles. The van der Waals surface area contributed by atoms with E-state index in [1.807, 2.05) is 6.26 Å². The number of ether oxygens (including phenoxy) is 1. The van der Waals surface area contributed by atoms with E-state index >= 15 is 0 Å². The van der Waals surface area contributed by atoms with E-state index in [1.54, 1.807) is 18.0 Å². The molecule has 1 aliphatic rings. The van der Waals surface area contributed by atoms with E-state index in [0.717, 1.165) is 5.75 Å². The van der Waals surface area contributed by atoms with Gasteiger partial charge in [0.15, 0.2) is 0 Å². The number of thiol groups is 1. The van der Waals surface area contributed by atoms with Gasteiger partial charge in [0, 0.05) is 6.42 Å². The fourth-order valence-electron chi connectivity index (χ4n) is 0.880. The van der Waals surface area contributed by atoms with Crippen LogP contribution in [0.15, 0.2) is 0 Å². The molecule has 5 N–H and O–H groups in total.